The number of carbonyl (C=O) groups is 2. The molecule has 0 aliphatic heterocycles. The predicted octanol–water partition coefficient (Wildman–Crippen LogP) is 4.51. The molecule has 1 aromatic heterocycles. The number of esters is 1. The van der Waals surface area contributed by atoms with Crippen LogP contribution in [0.5, 0.6) is 5.75 Å². The summed E-state index contributed by atoms with van der Waals surface area (Å²) in [5.74, 6) is -0.316. The number of nitrogens with one attached hydrogen (secondary N) is 1. The number of rotatable bonds is 7. The van der Waals surface area contributed by atoms with Crippen LogP contribution in [0.15, 0.2) is 24.3 Å². The van der Waals surface area contributed by atoms with Crippen LogP contribution in [0, 0.1) is 13.8 Å². The maximum atomic E-state index is 12.4. The van der Waals surface area contributed by atoms with Gasteiger partial charge >= 0.3 is 5.97 Å². The summed E-state index contributed by atoms with van der Waals surface area (Å²) in [5, 5.41) is 2.76. The second-order valence-electron chi connectivity index (χ2n) is 6.18. The first-order valence-electron chi connectivity index (χ1n) is 8.61. The van der Waals surface area contributed by atoms with Crippen LogP contribution >= 0.6 is 11.3 Å². The molecule has 140 valence electrons. The van der Waals surface area contributed by atoms with Gasteiger partial charge < -0.3 is 14.8 Å². The molecule has 0 aliphatic carbocycles. The molecule has 0 fully saturated rings. The molecule has 1 N–H and O–H groups in total. The molecule has 2 rings (SSSR count). The number of hydrogen-bond acceptors (Lipinski definition) is 5. The summed E-state index contributed by atoms with van der Waals surface area (Å²) in [6.07, 6.45) is 1.03. The zero-order valence-corrected chi connectivity index (χ0v) is 16.7. The summed E-state index contributed by atoms with van der Waals surface area (Å²) in [5.41, 5.74) is 2.70. The Bertz CT molecular complexity index is 797. The first kappa shape index (κ1) is 20.0. The molecule has 0 saturated carbocycles. The summed E-state index contributed by atoms with van der Waals surface area (Å²) in [7, 11) is 1.54. The van der Waals surface area contributed by atoms with Crippen molar-refractivity contribution >= 4 is 28.9 Å². The molecule has 0 unspecified atom stereocenters. The normalized spacial score (nSPS) is 11.7. The van der Waals surface area contributed by atoms with Crippen LogP contribution in [-0.4, -0.2) is 25.1 Å². The van der Waals surface area contributed by atoms with Crippen LogP contribution in [0.25, 0.3) is 0 Å². The number of hydrogen-bond donors (Lipinski definition) is 1. The van der Waals surface area contributed by atoms with E-state index in [9.17, 15) is 9.59 Å². The van der Waals surface area contributed by atoms with Crippen molar-refractivity contribution in [1.29, 1.82) is 0 Å². The lowest BCUT2D eigenvalue weighted by atomic mass is 10.1. The molecule has 5 nitrogen and oxygen atoms in total. The minimum absolute atomic E-state index is 0.399. The minimum atomic E-state index is -0.912. The Morgan fingerprint density at radius 1 is 1.23 bits per heavy atom. The van der Waals surface area contributed by atoms with Crippen molar-refractivity contribution in [3.8, 4) is 5.75 Å². The molecular formula is C20H25NO4S. The number of aryl methyl sites for hydroxylation is 3. The molecule has 1 heterocycles. The molecule has 0 radical (unpaired) electrons. The maximum Gasteiger partial charge on any atom is 0.349 e. The van der Waals surface area contributed by atoms with Gasteiger partial charge in [0.15, 0.2) is 6.10 Å². The third kappa shape index (κ3) is 4.85. The first-order valence-corrected chi connectivity index (χ1v) is 9.43. The van der Waals surface area contributed by atoms with Crippen molar-refractivity contribution in [2.45, 2.75) is 46.6 Å². The van der Waals surface area contributed by atoms with E-state index in [0.717, 1.165) is 28.8 Å². The van der Waals surface area contributed by atoms with Crippen molar-refractivity contribution in [3.63, 3.8) is 0 Å². The molecule has 1 atom stereocenters. The van der Waals surface area contributed by atoms with Gasteiger partial charge in [0, 0.05) is 4.88 Å². The van der Waals surface area contributed by atoms with Gasteiger partial charge in [-0.1, -0.05) is 19.4 Å². The molecular weight excluding hydrogens is 350 g/mol. The molecule has 1 aromatic carbocycles. The van der Waals surface area contributed by atoms with E-state index in [0.29, 0.717) is 16.3 Å². The van der Waals surface area contributed by atoms with Crippen molar-refractivity contribution in [1.82, 2.24) is 0 Å². The van der Waals surface area contributed by atoms with E-state index < -0.39 is 18.0 Å². The van der Waals surface area contributed by atoms with Gasteiger partial charge in [0.05, 0.1) is 12.8 Å². The maximum absolute atomic E-state index is 12.4. The number of methoxy groups -OCH3 is 1. The quantitative estimate of drug-likeness (QED) is 0.723. The Labute approximate surface area is 158 Å². The second kappa shape index (κ2) is 8.85. The first-order chi connectivity index (χ1) is 12.3. The molecule has 0 spiro atoms. The summed E-state index contributed by atoms with van der Waals surface area (Å²) in [4.78, 5) is 26.4. The standard InChI is InChI=1S/C20H25NO4S/c1-6-7-15-11-18(26-14(15)4)20(23)25-13(3)19(22)21-16-10-12(2)8-9-17(16)24-5/h8-11,13H,6-7H2,1-5H3,(H,21,22)/t13-/m0/s1. The van der Waals surface area contributed by atoms with Gasteiger partial charge in [-0.3, -0.25) is 4.79 Å². The fourth-order valence-corrected chi connectivity index (χ4v) is 3.52. The highest BCUT2D eigenvalue weighted by Gasteiger charge is 2.22. The summed E-state index contributed by atoms with van der Waals surface area (Å²) in [6, 6.07) is 7.35. The Morgan fingerprint density at radius 2 is 1.96 bits per heavy atom. The summed E-state index contributed by atoms with van der Waals surface area (Å²) in [6.45, 7) is 7.57. The molecule has 0 aliphatic rings. The molecule has 1 amide bonds. The topological polar surface area (TPSA) is 64.6 Å². The zero-order chi connectivity index (χ0) is 19.3. The van der Waals surface area contributed by atoms with Crippen molar-refractivity contribution in [3.05, 3.63) is 45.1 Å². The van der Waals surface area contributed by atoms with Crippen molar-refractivity contribution < 1.29 is 19.1 Å². The molecule has 0 saturated heterocycles. The highest BCUT2D eigenvalue weighted by Crippen LogP contribution is 2.26. The lowest BCUT2D eigenvalue weighted by Crippen LogP contribution is -2.30. The van der Waals surface area contributed by atoms with Gasteiger partial charge in [-0.15, -0.1) is 11.3 Å². The number of carbonyl (C=O) groups excluding carboxylic acids is 2. The van der Waals surface area contributed by atoms with Crippen LogP contribution in [0.2, 0.25) is 0 Å². The molecule has 2 aromatic rings. The van der Waals surface area contributed by atoms with E-state index in [1.807, 2.05) is 32.0 Å². The predicted molar refractivity (Wildman–Crippen MR) is 104 cm³/mol. The third-order valence-corrected chi connectivity index (χ3v) is 5.08. The Morgan fingerprint density at radius 3 is 2.62 bits per heavy atom. The summed E-state index contributed by atoms with van der Waals surface area (Å²) < 4.78 is 10.6. The van der Waals surface area contributed by atoms with E-state index in [2.05, 4.69) is 12.2 Å². The molecule has 26 heavy (non-hydrogen) atoms. The van der Waals surface area contributed by atoms with E-state index in [-0.39, 0.29) is 0 Å². The van der Waals surface area contributed by atoms with Crippen LogP contribution in [-0.2, 0) is 16.0 Å². The number of amides is 1. The van der Waals surface area contributed by atoms with Gasteiger partial charge in [-0.25, -0.2) is 4.79 Å². The fraction of sp³-hybridized carbons (Fsp3) is 0.400. The van der Waals surface area contributed by atoms with Crippen LogP contribution in [0.1, 0.15) is 45.9 Å². The van der Waals surface area contributed by atoms with Crippen LogP contribution < -0.4 is 10.1 Å². The Kier molecular flexibility index (Phi) is 6.80. The van der Waals surface area contributed by atoms with Crippen LogP contribution in [0.4, 0.5) is 5.69 Å². The van der Waals surface area contributed by atoms with E-state index in [4.69, 9.17) is 9.47 Å². The smallest absolute Gasteiger partial charge is 0.349 e. The van der Waals surface area contributed by atoms with Crippen molar-refractivity contribution in [2.75, 3.05) is 12.4 Å². The van der Waals surface area contributed by atoms with E-state index in [1.165, 1.54) is 18.4 Å². The number of anilines is 1. The monoisotopic (exact) mass is 375 g/mol. The number of benzene rings is 1. The second-order valence-corrected chi connectivity index (χ2v) is 7.44. The Balaban J connectivity index is 2.04. The lowest BCUT2D eigenvalue weighted by molar-refractivity contribution is -0.123. The SMILES string of the molecule is CCCc1cc(C(=O)O[C@@H](C)C(=O)Nc2cc(C)ccc2OC)sc1C. The minimum Gasteiger partial charge on any atom is -0.495 e. The molecule has 6 heteroatoms. The van der Waals surface area contributed by atoms with E-state index >= 15 is 0 Å². The third-order valence-electron chi connectivity index (χ3n) is 4.01. The molecule has 0 bridgehead atoms. The van der Waals surface area contributed by atoms with Crippen molar-refractivity contribution in [2.24, 2.45) is 0 Å². The largest absolute Gasteiger partial charge is 0.495 e. The average molecular weight is 375 g/mol. The van der Waals surface area contributed by atoms with Gasteiger partial charge in [0.2, 0.25) is 0 Å². The van der Waals surface area contributed by atoms with Gasteiger partial charge in [0.25, 0.3) is 5.91 Å². The highest BCUT2D eigenvalue weighted by molar-refractivity contribution is 7.14. The highest BCUT2D eigenvalue weighted by atomic mass is 32.1. The van der Waals surface area contributed by atoms with Gasteiger partial charge in [-0.2, -0.15) is 0 Å². The lowest BCUT2D eigenvalue weighted by Gasteiger charge is -2.15. The Hall–Kier alpha value is -2.34. The number of thiophene rings is 1. The van der Waals surface area contributed by atoms with E-state index in [1.54, 1.807) is 13.0 Å². The zero-order valence-electron chi connectivity index (χ0n) is 15.8. The average Bonchev–Trinajstić information content (AvgIpc) is 2.96. The van der Waals surface area contributed by atoms with Gasteiger partial charge in [0.1, 0.15) is 10.6 Å². The fourth-order valence-electron chi connectivity index (χ4n) is 2.56. The summed E-state index contributed by atoms with van der Waals surface area (Å²) >= 11 is 1.40. The van der Waals surface area contributed by atoms with Crippen LogP contribution in [0.3, 0.4) is 0 Å². The van der Waals surface area contributed by atoms with Gasteiger partial charge in [-0.05, 0) is 56.5 Å². The number of ether oxygens (including phenoxy) is 2.